The predicted molar refractivity (Wildman–Crippen MR) is 215 cm³/mol. The maximum atomic E-state index is 14.4. The summed E-state index contributed by atoms with van der Waals surface area (Å²) in [7, 11) is 4.79. The van der Waals surface area contributed by atoms with Crippen molar-refractivity contribution in [3.05, 3.63) is 84.2 Å². The molecule has 0 unspecified atom stereocenters. The highest BCUT2D eigenvalue weighted by atomic mass is 16.6. The number of H-pyrrole nitrogens is 1. The summed E-state index contributed by atoms with van der Waals surface area (Å²) in [6.45, 7) is 4.79. The SMILES string of the molecule is CC(C)CC[C@H](O)[C@H](CC1CCCCC1)NC(=O)[C@H](Cc1cnc[nH]1)N(C)C(=O)[C@H](Cc1ccccc1)OC(=O)N(C)CCC(=O)N(C)CCc1ccccn1. The smallest absolute Gasteiger partial charge is 0.410 e. The number of pyridine rings is 1. The van der Waals surface area contributed by atoms with Crippen molar-refractivity contribution in [3.63, 3.8) is 0 Å². The summed E-state index contributed by atoms with van der Waals surface area (Å²) in [5.41, 5.74) is 2.31. The third kappa shape index (κ3) is 14.4. The Kier molecular flexibility index (Phi) is 17.8. The summed E-state index contributed by atoms with van der Waals surface area (Å²) >= 11 is 0. The topological polar surface area (TPSA) is 161 Å². The number of aliphatic hydroxyl groups excluding tert-OH is 1. The van der Waals surface area contributed by atoms with Gasteiger partial charge in [0.15, 0.2) is 6.10 Å². The van der Waals surface area contributed by atoms with E-state index >= 15 is 0 Å². The van der Waals surface area contributed by atoms with Crippen LogP contribution in [0.25, 0.3) is 0 Å². The number of hydrogen-bond acceptors (Lipinski definition) is 8. The number of aromatic nitrogens is 3. The molecule has 3 aromatic rings. The Labute approximate surface area is 332 Å². The van der Waals surface area contributed by atoms with E-state index in [2.05, 4.69) is 34.1 Å². The van der Waals surface area contributed by atoms with Crippen LogP contribution in [-0.4, -0.2) is 117 Å². The van der Waals surface area contributed by atoms with E-state index in [1.807, 2.05) is 48.5 Å². The van der Waals surface area contributed by atoms with Crippen molar-refractivity contribution >= 4 is 23.8 Å². The maximum Gasteiger partial charge on any atom is 0.410 e. The molecule has 306 valence electrons. The lowest BCUT2D eigenvalue weighted by molar-refractivity contribution is -0.146. The van der Waals surface area contributed by atoms with Gasteiger partial charge in [-0.25, -0.2) is 9.78 Å². The van der Waals surface area contributed by atoms with Crippen molar-refractivity contribution < 1.29 is 29.0 Å². The van der Waals surface area contributed by atoms with Crippen molar-refractivity contribution in [2.24, 2.45) is 11.8 Å². The van der Waals surface area contributed by atoms with E-state index in [9.17, 15) is 24.3 Å². The zero-order chi connectivity index (χ0) is 40.5. The summed E-state index contributed by atoms with van der Waals surface area (Å²) in [6, 6.07) is 13.4. The van der Waals surface area contributed by atoms with Gasteiger partial charge in [0.05, 0.1) is 18.5 Å². The fourth-order valence-electron chi connectivity index (χ4n) is 7.19. The Bertz CT molecular complexity index is 1620. The Hall–Kier alpha value is -4.78. The molecule has 0 saturated heterocycles. The summed E-state index contributed by atoms with van der Waals surface area (Å²) in [4.78, 5) is 71.0. The number of likely N-dealkylation sites (N-methyl/N-ethyl adjacent to an activating group) is 2. The summed E-state index contributed by atoms with van der Waals surface area (Å²) in [5, 5.41) is 14.6. The summed E-state index contributed by atoms with van der Waals surface area (Å²) < 4.78 is 5.91. The van der Waals surface area contributed by atoms with Crippen LogP contribution in [-0.2, 0) is 38.4 Å². The minimum absolute atomic E-state index is 0.0684. The molecule has 2 heterocycles. The largest absolute Gasteiger partial charge is 0.436 e. The predicted octanol–water partition coefficient (Wildman–Crippen LogP) is 5.20. The van der Waals surface area contributed by atoms with Gasteiger partial charge in [0.25, 0.3) is 5.91 Å². The maximum absolute atomic E-state index is 14.4. The lowest BCUT2D eigenvalue weighted by atomic mass is 9.83. The van der Waals surface area contributed by atoms with Crippen molar-refractivity contribution in [1.82, 2.24) is 35.0 Å². The number of rotatable bonds is 21. The normalized spacial score (nSPS) is 15.3. The van der Waals surface area contributed by atoms with Crippen LogP contribution in [0.15, 0.2) is 67.3 Å². The van der Waals surface area contributed by atoms with Crippen LogP contribution in [0.1, 0.15) is 88.6 Å². The van der Waals surface area contributed by atoms with Gasteiger partial charge in [-0.05, 0) is 48.8 Å². The molecule has 4 atom stereocenters. The number of carbonyl (C=O) groups excluding carboxylic acids is 4. The van der Waals surface area contributed by atoms with Crippen LogP contribution in [0.2, 0.25) is 0 Å². The molecule has 56 heavy (non-hydrogen) atoms. The third-order valence-electron chi connectivity index (χ3n) is 10.8. The van der Waals surface area contributed by atoms with Crippen molar-refractivity contribution in [2.45, 2.75) is 115 Å². The quantitative estimate of drug-likeness (QED) is 0.133. The van der Waals surface area contributed by atoms with Crippen molar-refractivity contribution in [1.29, 1.82) is 0 Å². The van der Waals surface area contributed by atoms with Gasteiger partial charge in [0.2, 0.25) is 11.8 Å². The number of carbonyl (C=O) groups is 4. The molecule has 0 radical (unpaired) electrons. The van der Waals surface area contributed by atoms with E-state index in [1.54, 1.807) is 31.4 Å². The van der Waals surface area contributed by atoms with Gasteiger partial charge in [-0.2, -0.15) is 0 Å². The zero-order valence-electron chi connectivity index (χ0n) is 33.9. The molecule has 0 aliphatic heterocycles. The Balaban J connectivity index is 1.48. The standard InChI is InChI=1S/C43H63N7O6/c1-31(2)19-20-38(51)36(26-32-14-8-6-9-15-32)47-41(53)37(28-35-29-44-30-46-35)50(5)42(54)39(27-33-16-10-7-11-17-33)56-43(55)49(4)25-22-40(52)48(3)24-21-34-18-12-13-23-45-34/h7,10-13,16-18,23,29-32,36-39,51H,6,8-9,14-15,19-22,24-28H2,1-5H3,(H,44,46)(H,47,53)/t36-,37-,38-,39-/m0/s1. The average molecular weight is 774 g/mol. The molecule has 1 aliphatic carbocycles. The highest BCUT2D eigenvalue weighted by Gasteiger charge is 2.36. The van der Waals surface area contributed by atoms with Gasteiger partial charge in [0, 0.05) is 83.7 Å². The van der Waals surface area contributed by atoms with E-state index in [0.29, 0.717) is 43.3 Å². The molecule has 13 nitrogen and oxygen atoms in total. The Morgan fingerprint density at radius 3 is 2.32 bits per heavy atom. The van der Waals surface area contributed by atoms with Gasteiger partial charge < -0.3 is 34.8 Å². The minimum atomic E-state index is -1.26. The fourth-order valence-corrected chi connectivity index (χ4v) is 7.19. The molecule has 1 saturated carbocycles. The second-order valence-corrected chi connectivity index (χ2v) is 15.8. The number of benzene rings is 1. The molecular formula is C43H63N7O6. The average Bonchev–Trinajstić information content (AvgIpc) is 3.73. The molecule has 1 fully saturated rings. The van der Waals surface area contributed by atoms with Crippen LogP contribution < -0.4 is 5.32 Å². The first kappa shape index (κ1) is 43.9. The van der Waals surface area contributed by atoms with Crippen LogP contribution in [0.5, 0.6) is 0 Å². The Morgan fingerprint density at radius 1 is 0.929 bits per heavy atom. The van der Waals surface area contributed by atoms with Gasteiger partial charge >= 0.3 is 6.09 Å². The Morgan fingerprint density at radius 2 is 1.66 bits per heavy atom. The van der Waals surface area contributed by atoms with Gasteiger partial charge in [-0.3, -0.25) is 19.4 Å². The van der Waals surface area contributed by atoms with E-state index in [0.717, 1.165) is 43.4 Å². The van der Waals surface area contributed by atoms with Crippen LogP contribution in [0.4, 0.5) is 4.79 Å². The molecular weight excluding hydrogens is 711 g/mol. The van der Waals surface area contributed by atoms with Crippen LogP contribution in [0.3, 0.4) is 0 Å². The summed E-state index contributed by atoms with van der Waals surface area (Å²) in [5.74, 6) is -0.277. The number of aromatic amines is 1. The van der Waals surface area contributed by atoms with Crippen molar-refractivity contribution in [2.75, 3.05) is 34.2 Å². The molecule has 3 N–H and O–H groups in total. The highest BCUT2D eigenvalue weighted by Crippen LogP contribution is 2.29. The third-order valence-corrected chi connectivity index (χ3v) is 10.8. The molecule has 0 spiro atoms. The number of ether oxygens (including phenoxy) is 1. The zero-order valence-corrected chi connectivity index (χ0v) is 33.9. The fraction of sp³-hybridized carbons (Fsp3) is 0.581. The number of imidazole rings is 1. The molecule has 0 bridgehead atoms. The van der Waals surface area contributed by atoms with Crippen LogP contribution >= 0.6 is 0 Å². The van der Waals surface area contributed by atoms with Gasteiger partial charge in [-0.15, -0.1) is 0 Å². The molecule has 13 heteroatoms. The molecule has 4 amide bonds. The van der Waals surface area contributed by atoms with Crippen molar-refractivity contribution in [3.8, 4) is 0 Å². The molecule has 4 rings (SSSR count). The molecule has 2 aromatic heterocycles. The van der Waals surface area contributed by atoms with E-state index in [-0.39, 0.29) is 31.7 Å². The lowest BCUT2D eigenvalue weighted by Gasteiger charge is -2.34. The first-order chi connectivity index (χ1) is 26.9. The highest BCUT2D eigenvalue weighted by molar-refractivity contribution is 5.90. The van der Waals surface area contributed by atoms with Gasteiger partial charge in [-0.1, -0.05) is 82.3 Å². The minimum Gasteiger partial charge on any atom is -0.436 e. The van der Waals surface area contributed by atoms with E-state index in [4.69, 9.17) is 4.74 Å². The first-order valence-electron chi connectivity index (χ1n) is 20.2. The van der Waals surface area contributed by atoms with E-state index in [1.165, 1.54) is 29.6 Å². The molecule has 1 aliphatic rings. The monoisotopic (exact) mass is 773 g/mol. The van der Waals surface area contributed by atoms with Gasteiger partial charge in [0.1, 0.15) is 6.04 Å². The number of amides is 4. The second kappa shape index (κ2) is 22.7. The number of nitrogens with one attached hydrogen (secondary N) is 2. The lowest BCUT2D eigenvalue weighted by Crippen LogP contribution is -2.56. The number of hydrogen-bond donors (Lipinski definition) is 3. The summed E-state index contributed by atoms with van der Waals surface area (Å²) in [6.07, 6.45) is 10.7. The number of aliphatic hydroxyl groups is 1. The number of nitrogens with zero attached hydrogens (tertiary/aromatic N) is 5. The van der Waals surface area contributed by atoms with E-state index < -0.39 is 42.2 Å². The first-order valence-corrected chi connectivity index (χ1v) is 20.2. The van der Waals surface area contributed by atoms with Crippen LogP contribution in [0, 0.1) is 11.8 Å². The second-order valence-electron chi connectivity index (χ2n) is 15.8. The molecule has 1 aromatic carbocycles.